The highest BCUT2D eigenvalue weighted by Crippen LogP contribution is 2.30. The summed E-state index contributed by atoms with van der Waals surface area (Å²) in [6.45, 7) is 1.74. The predicted octanol–water partition coefficient (Wildman–Crippen LogP) is 1.86. The van der Waals surface area contributed by atoms with E-state index in [0.717, 1.165) is 6.07 Å². The molecule has 0 fully saturated rings. The van der Waals surface area contributed by atoms with Gasteiger partial charge < -0.3 is 9.84 Å². The Morgan fingerprint density at radius 3 is 2.56 bits per heavy atom. The van der Waals surface area contributed by atoms with Gasteiger partial charge in [0, 0.05) is 6.07 Å². The van der Waals surface area contributed by atoms with E-state index in [1.54, 1.807) is 6.92 Å². The van der Waals surface area contributed by atoms with Crippen LogP contribution in [0.3, 0.4) is 0 Å². The molecule has 6 nitrogen and oxygen atoms in total. The van der Waals surface area contributed by atoms with E-state index in [1.807, 2.05) is 0 Å². The lowest BCUT2D eigenvalue weighted by molar-refractivity contribution is -0.385. The zero-order valence-corrected chi connectivity index (χ0v) is 8.89. The summed E-state index contributed by atoms with van der Waals surface area (Å²) in [7, 11) is 1.35. The van der Waals surface area contributed by atoms with Crippen LogP contribution in [-0.2, 0) is 6.42 Å². The van der Waals surface area contributed by atoms with E-state index in [-0.39, 0.29) is 17.0 Å². The topological polar surface area (TPSA) is 89.7 Å². The zero-order chi connectivity index (χ0) is 12.3. The van der Waals surface area contributed by atoms with E-state index in [9.17, 15) is 14.9 Å². The van der Waals surface area contributed by atoms with Gasteiger partial charge >= 0.3 is 5.97 Å². The number of rotatable bonds is 4. The van der Waals surface area contributed by atoms with Crippen molar-refractivity contribution in [3.05, 3.63) is 33.4 Å². The Hall–Kier alpha value is -2.11. The molecule has 1 aromatic carbocycles. The summed E-state index contributed by atoms with van der Waals surface area (Å²) in [6.07, 6.45) is 0.402. The molecule has 0 aliphatic carbocycles. The first-order valence-corrected chi connectivity index (χ1v) is 4.59. The minimum Gasteiger partial charge on any atom is -0.496 e. The van der Waals surface area contributed by atoms with E-state index >= 15 is 0 Å². The number of nitro groups is 1. The molecular formula is C10H11NO5. The molecule has 0 unspecified atom stereocenters. The van der Waals surface area contributed by atoms with Gasteiger partial charge in [-0.2, -0.15) is 0 Å². The molecule has 0 saturated heterocycles. The first-order chi connectivity index (χ1) is 7.51. The highest BCUT2D eigenvalue weighted by Gasteiger charge is 2.21. The maximum atomic E-state index is 10.8. The number of ether oxygens (including phenoxy) is 1. The van der Waals surface area contributed by atoms with Crippen molar-refractivity contribution in [2.45, 2.75) is 13.3 Å². The average molecular weight is 225 g/mol. The van der Waals surface area contributed by atoms with Crippen molar-refractivity contribution in [2.75, 3.05) is 7.11 Å². The number of hydrogen-bond donors (Lipinski definition) is 1. The Labute approximate surface area is 91.6 Å². The van der Waals surface area contributed by atoms with Crippen LogP contribution in [0, 0.1) is 10.1 Å². The molecule has 0 aliphatic heterocycles. The lowest BCUT2D eigenvalue weighted by Crippen LogP contribution is -2.03. The molecule has 16 heavy (non-hydrogen) atoms. The number of aromatic carboxylic acids is 1. The second-order valence-electron chi connectivity index (χ2n) is 3.09. The molecule has 0 bridgehead atoms. The van der Waals surface area contributed by atoms with Crippen LogP contribution in [0.25, 0.3) is 0 Å². The summed E-state index contributed by atoms with van der Waals surface area (Å²) >= 11 is 0. The van der Waals surface area contributed by atoms with E-state index in [4.69, 9.17) is 9.84 Å². The van der Waals surface area contributed by atoms with E-state index in [1.165, 1.54) is 13.2 Å². The average Bonchev–Trinajstić information content (AvgIpc) is 2.26. The second kappa shape index (κ2) is 4.61. The van der Waals surface area contributed by atoms with Gasteiger partial charge in [-0.15, -0.1) is 0 Å². The van der Waals surface area contributed by atoms with Crippen molar-refractivity contribution in [3.8, 4) is 5.75 Å². The molecule has 1 N–H and O–H groups in total. The SMILES string of the molecule is CCc1c(OC)cc(C(=O)O)cc1[N+](=O)[O-]. The van der Waals surface area contributed by atoms with Gasteiger partial charge in [0.05, 0.1) is 23.2 Å². The molecule has 0 radical (unpaired) electrons. The molecule has 0 atom stereocenters. The first-order valence-electron chi connectivity index (χ1n) is 4.59. The number of carboxylic acid groups (broad SMARTS) is 1. The highest BCUT2D eigenvalue weighted by molar-refractivity contribution is 5.89. The van der Waals surface area contributed by atoms with E-state index < -0.39 is 10.9 Å². The summed E-state index contributed by atoms with van der Waals surface area (Å²) in [5, 5.41) is 19.6. The van der Waals surface area contributed by atoms with Crippen LogP contribution in [0.2, 0.25) is 0 Å². The Kier molecular flexibility index (Phi) is 3.44. The fourth-order valence-corrected chi connectivity index (χ4v) is 1.45. The third kappa shape index (κ3) is 2.10. The van der Waals surface area contributed by atoms with Gasteiger partial charge in [-0.1, -0.05) is 6.92 Å². The molecule has 1 rings (SSSR count). The minimum absolute atomic E-state index is 0.152. The summed E-state index contributed by atoms with van der Waals surface area (Å²) in [5.74, 6) is -0.988. The predicted molar refractivity (Wildman–Crippen MR) is 56.0 cm³/mol. The minimum atomic E-state index is -1.22. The fraction of sp³-hybridized carbons (Fsp3) is 0.300. The van der Waals surface area contributed by atoms with Crippen molar-refractivity contribution >= 4 is 11.7 Å². The number of methoxy groups -OCH3 is 1. The van der Waals surface area contributed by atoms with Crippen LogP contribution in [-0.4, -0.2) is 23.1 Å². The van der Waals surface area contributed by atoms with E-state index in [2.05, 4.69) is 0 Å². The fourth-order valence-electron chi connectivity index (χ4n) is 1.45. The quantitative estimate of drug-likeness (QED) is 0.624. The van der Waals surface area contributed by atoms with Crippen molar-refractivity contribution in [1.29, 1.82) is 0 Å². The molecule has 6 heteroatoms. The number of hydrogen-bond acceptors (Lipinski definition) is 4. The maximum Gasteiger partial charge on any atom is 0.336 e. The van der Waals surface area contributed by atoms with Gasteiger partial charge in [0.1, 0.15) is 5.75 Å². The molecule has 0 spiro atoms. The molecule has 0 aliphatic rings. The van der Waals surface area contributed by atoms with Gasteiger partial charge in [-0.25, -0.2) is 4.79 Å². The number of carbonyl (C=O) groups is 1. The van der Waals surface area contributed by atoms with Gasteiger partial charge in [-0.3, -0.25) is 10.1 Å². The van der Waals surface area contributed by atoms with Gasteiger partial charge in [0.2, 0.25) is 0 Å². The van der Waals surface area contributed by atoms with Crippen LogP contribution >= 0.6 is 0 Å². The Balaban J connectivity index is 3.49. The lowest BCUT2D eigenvalue weighted by atomic mass is 10.1. The molecule has 0 amide bonds. The molecule has 86 valence electrons. The lowest BCUT2D eigenvalue weighted by Gasteiger charge is -2.08. The van der Waals surface area contributed by atoms with Gasteiger partial charge in [-0.05, 0) is 12.5 Å². The van der Waals surface area contributed by atoms with E-state index in [0.29, 0.717) is 12.0 Å². The number of nitrogens with zero attached hydrogens (tertiary/aromatic N) is 1. The van der Waals surface area contributed by atoms with Crippen LogP contribution < -0.4 is 4.74 Å². The molecular weight excluding hydrogens is 214 g/mol. The Morgan fingerprint density at radius 1 is 1.56 bits per heavy atom. The summed E-state index contributed by atoms with van der Waals surface area (Å²) in [6, 6.07) is 2.33. The monoisotopic (exact) mass is 225 g/mol. The third-order valence-electron chi connectivity index (χ3n) is 2.20. The molecule has 0 saturated carbocycles. The normalized spacial score (nSPS) is 9.88. The second-order valence-corrected chi connectivity index (χ2v) is 3.09. The summed E-state index contributed by atoms with van der Waals surface area (Å²) < 4.78 is 4.95. The maximum absolute atomic E-state index is 10.8. The standard InChI is InChI=1S/C10H11NO5/c1-3-7-8(11(14)15)4-6(10(12)13)5-9(7)16-2/h4-5H,3H2,1-2H3,(H,12,13). The highest BCUT2D eigenvalue weighted by atomic mass is 16.6. The van der Waals surface area contributed by atoms with Crippen LogP contribution in [0.4, 0.5) is 5.69 Å². The van der Waals surface area contributed by atoms with Crippen molar-refractivity contribution in [1.82, 2.24) is 0 Å². The van der Waals surface area contributed by atoms with Crippen LogP contribution in [0.1, 0.15) is 22.8 Å². The summed E-state index contributed by atoms with van der Waals surface area (Å²) in [5.41, 5.74) is 0.0255. The molecule has 0 aromatic heterocycles. The Morgan fingerprint density at radius 2 is 2.19 bits per heavy atom. The first kappa shape index (κ1) is 12.0. The number of benzene rings is 1. The van der Waals surface area contributed by atoms with Gasteiger partial charge in [0.15, 0.2) is 0 Å². The van der Waals surface area contributed by atoms with Gasteiger partial charge in [0.25, 0.3) is 5.69 Å². The van der Waals surface area contributed by atoms with Crippen LogP contribution in [0.5, 0.6) is 5.75 Å². The summed E-state index contributed by atoms with van der Waals surface area (Å²) in [4.78, 5) is 20.9. The number of nitro benzene ring substituents is 1. The van der Waals surface area contributed by atoms with Crippen molar-refractivity contribution in [3.63, 3.8) is 0 Å². The zero-order valence-electron chi connectivity index (χ0n) is 8.89. The molecule has 0 heterocycles. The number of carboxylic acids is 1. The largest absolute Gasteiger partial charge is 0.496 e. The third-order valence-corrected chi connectivity index (χ3v) is 2.20. The van der Waals surface area contributed by atoms with Crippen molar-refractivity contribution in [2.24, 2.45) is 0 Å². The smallest absolute Gasteiger partial charge is 0.336 e. The van der Waals surface area contributed by atoms with Crippen molar-refractivity contribution < 1.29 is 19.6 Å². The van der Waals surface area contributed by atoms with Crippen LogP contribution in [0.15, 0.2) is 12.1 Å². The Bertz CT molecular complexity index is 441. The molecule has 1 aromatic rings.